The molecule has 0 amide bonds. The van der Waals surface area contributed by atoms with E-state index >= 15 is 0 Å². The maximum absolute atomic E-state index is 8.83. The summed E-state index contributed by atoms with van der Waals surface area (Å²) < 4.78 is 0. The molecule has 1 heterocycles. The molecule has 1 aliphatic heterocycles. The predicted octanol–water partition coefficient (Wildman–Crippen LogP) is 1.56. The van der Waals surface area contributed by atoms with Gasteiger partial charge in [0.15, 0.2) is 0 Å². The summed E-state index contributed by atoms with van der Waals surface area (Å²) in [7, 11) is 0. The summed E-state index contributed by atoms with van der Waals surface area (Å²) in [4.78, 5) is 5.03. The highest BCUT2D eigenvalue weighted by atomic mass is 16.2. The third kappa shape index (κ3) is 4.35. The zero-order valence-electron chi connectivity index (χ0n) is 12.3. The minimum Gasteiger partial charge on any atom is -0.384 e. The molecule has 1 N–H and O–H groups in total. The van der Waals surface area contributed by atoms with Crippen LogP contribution >= 0.6 is 0 Å². The van der Waals surface area contributed by atoms with Crippen LogP contribution in [0.15, 0.2) is 24.3 Å². The Labute approximate surface area is 122 Å². The Morgan fingerprint density at radius 2 is 1.80 bits per heavy atom. The molecule has 0 aromatic heterocycles. The first-order chi connectivity index (χ1) is 9.83. The van der Waals surface area contributed by atoms with Crippen molar-refractivity contribution in [3.05, 3.63) is 35.4 Å². The molecule has 0 radical (unpaired) electrons. The lowest BCUT2D eigenvalue weighted by molar-refractivity contribution is 0.127. The maximum atomic E-state index is 8.83. The quantitative estimate of drug-likeness (QED) is 0.843. The van der Waals surface area contributed by atoms with E-state index < -0.39 is 0 Å². The van der Waals surface area contributed by atoms with E-state index in [2.05, 4.69) is 40.7 Å². The Bertz CT molecular complexity index is 467. The first-order valence-electron chi connectivity index (χ1n) is 7.46. The van der Waals surface area contributed by atoms with Crippen molar-refractivity contribution in [3.63, 3.8) is 0 Å². The van der Waals surface area contributed by atoms with Gasteiger partial charge in [0.25, 0.3) is 0 Å². The van der Waals surface area contributed by atoms with Crippen LogP contribution in [-0.2, 0) is 6.54 Å². The van der Waals surface area contributed by atoms with Crippen molar-refractivity contribution in [1.82, 2.24) is 9.80 Å². The molecule has 3 nitrogen and oxygen atoms in total. The zero-order valence-corrected chi connectivity index (χ0v) is 12.3. The smallest absolute Gasteiger partial charge is 0.104 e. The van der Waals surface area contributed by atoms with Crippen LogP contribution in [-0.4, -0.2) is 54.2 Å². The molecule has 1 aromatic carbocycles. The van der Waals surface area contributed by atoms with Crippen molar-refractivity contribution in [2.24, 2.45) is 0 Å². The molecule has 1 aromatic rings. The van der Waals surface area contributed by atoms with Gasteiger partial charge in [0.2, 0.25) is 0 Å². The van der Waals surface area contributed by atoms with Crippen LogP contribution in [0.2, 0.25) is 0 Å². The molecule has 1 saturated heterocycles. The number of aliphatic hydroxyl groups excluding tert-OH is 1. The number of hydrogen-bond acceptors (Lipinski definition) is 3. The van der Waals surface area contributed by atoms with Crippen molar-refractivity contribution in [2.45, 2.75) is 19.9 Å². The van der Waals surface area contributed by atoms with Gasteiger partial charge in [-0.15, -0.1) is 0 Å². The highest BCUT2D eigenvalue weighted by molar-refractivity contribution is 5.41. The highest BCUT2D eigenvalue weighted by Gasteiger charge is 2.16. The summed E-state index contributed by atoms with van der Waals surface area (Å²) in [6.07, 6.45) is 1.24. The largest absolute Gasteiger partial charge is 0.384 e. The first-order valence-corrected chi connectivity index (χ1v) is 7.46. The third-order valence-corrected chi connectivity index (χ3v) is 3.72. The van der Waals surface area contributed by atoms with Gasteiger partial charge in [-0.05, 0) is 24.6 Å². The van der Waals surface area contributed by atoms with E-state index in [1.807, 2.05) is 12.1 Å². The van der Waals surface area contributed by atoms with Gasteiger partial charge in [-0.2, -0.15) is 0 Å². The van der Waals surface area contributed by atoms with Gasteiger partial charge >= 0.3 is 0 Å². The molecule has 0 aliphatic carbocycles. The van der Waals surface area contributed by atoms with E-state index in [-0.39, 0.29) is 6.61 Å². The number of rotatable bonds is 4. The van der Waals surface area contributed by atoms with Gasteiger partial charge < -0.3 is 10.0 Å². The van der Waals surface area contributed by atoms with Gasteiger partial charge in [-0.25, -0.2) is 0 Å². The van der Waals surface area contributed by atoms with Crippen molar-refractivity contribution in [1.29, 1.82) is 0 Å². The number of hydrogen-bond donors (Lipinski definition) is 1. The van der Waals surface area contributed by atoms with Crippen LogP contribution in [0.3, 0.4) is 0 Å². The Morgan fingerprint density at radius 1 is 1.10 bits per heavy atom. The van der Waals surface area contributed by atoms with Crippen molar-refractivity contribution < 1.29 is 5.11 Å². The lowest BCUT2D eigenvalue weighted by Crippen LogP contribution is -2.46. The zero-order chi connectivity index (χ0) is 14.2. The minimum atomic E-state index is -0.0793. The van der Waals surface area contributed by atoms with E-state index in [0.29, 0.717) is 0 Å². The standard InChI is InChI=1S/C17H24N2O/c1-2-9-18-10-12-19(13-11-18)15-17-7-4-3-6-16(17)8-5-14-20/h3-4,6-7,20H,2,9-15H2,1H3. The number of piperazine rings is 1. The summed E-state index contributed by atoms with van der Waals surface area (Å²) in [5.74, 6) is 5.79. The Morgan fingerprint density at radius 3 is 2.50 bits per heavy atom. The van der Waals surface area contributed by atoms with Crippen molar-refractivity contribution in [2.75, 3.05) is 39.3 Å². The third-order valence-electron chi connectivity index (χ3n) is 3.72. The second kappa shape index (κ2) is 8.06. The molecule has 1 fully saturated rings. The maximum Gasteiger partial charge on any atom is 0.104 e. The first kappa shape index (κ1) is 15.1. The van der Waals surface area contributed by atoms with E-state index in [4.69, 9.17) is 5.11 Å². The SMILES string of the molecule is CCCN1CCN(Cc2ccccc2C#CCO)CC1. The fourth-order valence-corrected chi connectivity index (χ4v) is 2.64. The summed E-state index contributed by atoms with van der Waals surface area (Å²) in [6, 6.07) is 8.24. The predicted molar refractivity (Wildman–Crippen MR) is 82.4 cm³/mol. The molecule has 0 spiro atoms. The Kier molecular flexibility index (Phi) is 6.07. The lowest BCUT2D eigenvalue weighted by Gasteiger charge is -2.34. The second-order valence-electron chi connectivity index (χ2n) is 5.23. The van der Waals surface area contributed by atoms with Gasteiger partial charge in [-0.1, -0.05) is 37.0 Å². The molecule has 0 unspecified atom stereocenters. The molecule has 0 saturated carbocycles. The molecule has 108 valence electrons. The summed E-state index contributed by atoms with van der Waals surface area (Å²) in [5, 5.41) is 8.83. The van der Waals surface area contributed by atoms with E-state index in [0.717, 1.165) is 25.2 Å². The Hall–Kier alpha value is -1.34. The van der Waals surface area contributed by atoms with Crippen LogP contribution in [0.25, 0.3) is 0 Å². The molecule has 2 rings (SSSR count). The summed E-state index contributed by atoms with van der Waals surface area (Å²) in [5.41, 5.74) is 2.30. The second-order valence-corrected chi connectivity index (χ2v) is 5.23. The molecule has 0 atom stereocenters. The van der Waals surface area contributed by atoms with Crippen LogP contribution in [0.4, 0.5) is 0 Å². The van der Waals surface area contributed by atoms with E-state index in [9.17, 15) is 0 Å². The highest BCUT2D eigenvalue weighted by Crippen LogP contribution is 2.12. The Balaban J connectivity index is 1.94. The number of nitrogens with zero attached hydrogens (tertiary/aromatic N) is 2. The normalized spacial score (nSPS) is 16.7. The van der Waals surface area contributed by atoms with Gasteiger partial charge in [-0.3, -0.25) is 4.90 Å². The molecular weight excluding hydrogens is 248 g/mol. The van der Waals surface area contributed by atoms with Crippen molar-refractivity contribution >= 4 is 0 Å². The fraction of sp³-hybridized carbons (Fsp3) is 0.529. The van der Waals surface area contributed by atoms with Crippen LogP contribution < -0.4 is 0 Å². The van der Waals surface area contributed by atoms with E-state index in [1.54, 1.807) is 0 Å². The number of benzene rings is 1. The fourth-order valence-electron chi connectivity index (χ4n) is 2.64. The van der Waals surface area contributed by atoms with E-state index in [1.165, 1.54) is 31.6 Å². The number of aliphatic hydroxyl groups is 1. The molecule has 3 heteroatoms. The van der Waals surface area contributed by atoms with Gasteiger partial charge in [0, 0.05) is 38.3 Å². The lowest BCUT2D eigenvalue weighted by atomic mass is 10.1. The average Bonchev–Trinajstić information content (AvgIpc) is 2.49. The van der Waals surface area contributed by atoms with Gasteiger partial charge in [0.1, 0.15) is 6.61 Å². The summed E-state index contributed by atoms with van der Waals surface area (Å²) in [6.45, 7) is 8.91. The van der Waals surface area contributed by atoms with Crippen molar-refractivity contribution in [3.8, 4) is 11.8 Å². The summed E-state index contributed by atoms with van der Waals surface area (Å²) >= 11 is 0. The monoisotopic (exact) mass is 272 g/mol. The molecule has 1 aliphatic rings. The molecule has 20 heavy (non-hydrogen) atoms. The van der Waals surface area contributed by atoms with Crippen LogP contribution in [0.5, 0.6) is 0 Å². The van der Waals surface area contributed by atoms with Crippen LogP contribution in [0, 0.1) is 11.8 Å². The molecular formula is C17H24N2O. The topological polar surface area (TPSA) is 26.7 Å². The minimum absolute atomic E-state index is 0.0793. The van der Waals surface area contributed by atoms with Gasteiger partial charge in [0.05, 0.1) is 0 Å². The van der Waals surface area contributed by atoms with Crippen LogP contribution in [0.1, 0.15) is 24.5 Å². The average molecular weight is 272 g/mol. The molecule has 0 bridgehead atoms.